The van der Waals surface area contributed by atoms with Crippen LogP contribution in [0.3, 0.4) is 0 Å². The Kier molecular flexibility index (Phi) is 2.58. The van der Waals surface area contributed by atoms with Gasteiger partial charge in [0, 0.05) is 23.1 Å². The van der Waals surface area contributed by atoms with Crippen LogP contribution >= 0.6 is 0 Å². The summed E-state index contributed by atoms with van der Waals surface area (Å²) in [6.45, 7) is 2.14. The van der Waals surface area contributed by atoms with Gasteiger partial charge in [0.1, 0.15) is 12.1 Å². The molecule has 1 saturated carbocycles. The Balaban J connectivity index is 2.07. The minimum atomic E-state index is -0.402. The van der Waals surface area contributed by atoms with Crippen molar-refractivity contribution in [3.8, 4) is 0 Å². The largest absolute Gasteiger partial charge is 0.364 e. The number of fused-ring (bicyclic) bond motifs is 1. The van der Waals surface area contributed by atoms with Crippen LogP contribution in [-0.2, 0) is 0 Å². The standard InChI is InChI=1S/C13H14N4O2/c1-13(5-2-6-13)16-12-10-7-9(17(18)19)3-4-11(10)14-8-15-12/h3-4,7-8H,2,5-6H2,1H3,(H,14,15,16). The monoisotopic (exact) mass is 258 g/mol. The van der Waals surface area contributed by atoms with Crippen LogP contribution in [0.2, 0.25) is 0 Å². The van der Waals surface area contributed by atoms with E-state index in [0.29, 0.717) is 16.7 Å². The number of non-ortho nitro benzene ring substituents is 1. The molecule has 0 bridgehead atoms. The van der Waals surface area contributed by atoms with Gasteiger partial charge in [0.15, 0.2) is 0 Å². The molecule has 19 heavy (non-hydrogen) atoms. The molecule has 2 aromatic rings. The molecule has 6 nitrogen and oxygen atoms in total. The van der Waals surface area contributed by atoms with E-state index in [1.54, 1.807) is 6.07 Å². The number of nitro groups is 1. The minimum absolute atomic E-state index is 0.0475. The van der Waals surface area contributed by atoms with E-state index in [9.17, 15) is 10.1 Å². The molecule has 1 aliphatic rings. The summed E-state index contributed by atoms with van der Waals surface area (Å²) in [5.74, 6) is 0.677. The van der Waals surface area contributed by atoms with Crippen molar-refractivity contribution in [2.75, 3.05) is 5.32 Å². The SMILES string of the molecule is CC1(Nc2ncnc3ccc([N+](=O)[O-])cc23)CCC1. The highest BCUT2D eigenvalue weighted by molar-refractivity contribution is 5.90. The van der Waals surface area contributed by atoms with E-state index in [1.807, 2.05) is 0 Å². The van der Waals surface area contributed by atoms with Crippen LogP contribution in [0.4, 0.5) is 11.5 Å². The Hall–Kier alpha value is -2.24. The molecule has 1 N–H and O–H groups in total. The molecule has 6 heteroatoms. The number of aromatic nitrogens is 2. The molecule has 0 spiro atoms. The Morgan fingerprint density at radius 2 is 2.16 bits per heavy atom. The van der Waals surface area contributed by atoms with Crippen LogP contribution < -0.4 is 5.32 Å². The number of hydrogen-bond acceptors (Lipinski definition) is 5. The first-order valence-corrected chi connectivity index (χ1v) is 6.25. The smallest absolute Gasteiger partial charge is 0.270 e. The van der Waals surface area contributed by atoms with Crippen LogP contribution in [0.25, 0.3) is 10.9 Å². The quantitative estimate of drug-likeness (QED) is 0.676. The maximum absolute atomic E-state index is 10.9. The highest BCUT2D eigenvalue weighted by atomic mass is 16.6. The van der Waals surface area contributed by atoms with Gasteiger partial charge >= 0.3 is 0 Å². The second kappa shape index (κ2) is 4.15. The first kappa shape index (κ1) is 11.8. The topological polar surface area (TPSA) is 81.0 Å². The van der Waals surface area contributed by atoms with E-state index in [0.717, 1.165) is 12.8 Å². The lowest BCUT2D eigenvalue weighted by Gasteiger charge is -2.39. The molecule has 1 aliphatic carbocycles. The number of nitrogens with one attached hydrogen (secondary N) is 1. The lowest BCUT2D eigenvalue weighted by Crippen LogP contribution is -2.41. The third-order valence-corrected chi connectivity index (χ3v) is 3.71. The predicted octanol–water partition coefficient (Wildman–Crippen LogP) is 2.89. The average Bonchev–Trinajstić information content (AvgIpc) is 2.36. The fourth-order valence-electron chi connectivity index (χ4n) is 2.38. The van der Waals surface area contributed by atoms with E-state index in [-0.39, 0.29) is 11.2 Å². The molecule has 0 aliphatic heterocycles. The number of nitrogens with zero attached hydrogens (tertiary/aromatic N) is 3. The van der Waals surface area contributed by atoms with Gasteiger partial charge in [0.2, 0.25) is 0 Å². The zero-order valence-electron chi connectivity index (χ0n) is 10.6. The maximum atomic E-state index is 10.9. The molecule has 1 fully saturated rings. The summed E-state index contributed by atoms with van der Waals surface area (Å²) in [7, 11) is 0. The van der Waals surface area contributed by atoms with E-state index >= 15 is 0 Å². The predicted molar refractivity (Wildman–Crippen MR) is 72.1 cm³/mol. The number of rotatable bonds is 3. The van der Waals surface area contributed by atoms with Gasteiger partial charge in [-0.15, -0.1) is 0 Å². The molecule has 0 radical (unpaired) electrons. The van der Waals surface area contributed by atoms with E-state index in [2.05, 4.69) is 22.2 Å². The summed E-state index contributed by atoms with van der Waals surface area (Å²) in [6.07, 6.45) is 4.87. The summed E-state index contributed by atoms with van der Waals surface area (Å²) in [5.41, 5.74) is 0.821. The number of nitro benzene ring substituents is 1. The van der Waals surface area contributed by atoms with Gasteiger partial charge in [-0.1, -0.05) is 0 Å². The Bertz CT molecular complexity index is 652. The Morgan fingerprint density at radius 1 is 1.37 bits per heavy atom. The third kappa shape index (κ3) is 2.09. The van der Waals surface area contributed by atoms with Crippen LogP contribution in [0.15, 0.2) is 24.5 Å². The normalized spacial score (nSPS) is 16.9. The highest BCUT2D eigenvalue weighted by Crippen LogP contribution is 2.36. The van der Waals surface area contributed by atoms with Gasteiger partial charge in [-0.3, -0.25) is 10.1 Å². The molecular formula is C13H14N4O2. The minimum Gasteiger partial charge on any atom is -0.364 e. The lowest BCUT2D eigenvalue weighted by molar-refractivity contribution is -0.384. The van der Waals surface area contributed by atoms with Crippen molar-refractivity contribution >= 4 is 22.4 Å². The van der Waals surface area contributed by atoms with Gasteiger partial charge < -0.3 is 5.32 Å². The van der Waals surface area contributed by atoms with E-state index in [1.165, 1.54) is 24.9 Å². The zero-order chi connectivity index (χ0) is 13.5. The van der Waals surface area contributed by atoms with Crippen molar-refractivity contribution < 1.29 is 4.92 Å². The fourth-order valence-corrected chi connectivity index (χ4v) is 2.38. The second-order valence-electron chi connectivity index (χ2n) is 5.22. The van der Waals surface area contributed by atoms with Crippen molar-refractivity contribution in [3.63, 3.8) is 0 Å². The van der Waals surface area contributed by atoms with Crippen molar-refractivity contribution in [1.82, 2.24) is 9.97 Å². The third-order valence-electron chi connectivity index (χ3n) is 3.71. The fraction of sp³-hybridized carbons (Fsp3) is 0.385. The first-order chi connectivity index (χ1) is 9.07. The molecule has 0 saturated heterocycles. The van der Waals surface area contributed by atoms with Gasteiger partial charge in [0.25, 0.3) is 5.69 Å². The summed E-state index contributed by atoms with van der Waals surface area (Å²) in [4.78, 5) is 18.8. The molecule has 1 aromatic heterocycles. The number of anilines is 1. The Morgan fingerprint density at radius 3 is 2.79 bits per heavy atom. The number of hydrogen-bond donors (Lipinski definition) is 1. The van der Waals surface area contributed by atoms with Crippen LogP contribution in [0, 0.1) is 10.1 Å². The van der Waals surface area contributed by atoms with Gasteiger partial charge in [0.05, 0.1) is 10.4 Å². The summed E-state index contributed by atoms with van der Waals surface area (Å²) < 4.78 is 0. The highest BCUT2D eigenvalue weighted by Gasteiger charge is 2.32. The molecular weight excluding hydrogens is 244 g/mol. The second-order valence-corrected chi connectivity index (χ2v) is 5.22. The lowest BCUT2D eigenvalue weighted by atomic mass is 9.78. The van der Waals surface area contributed by atoms with Gasteiger partial charge in [-0.05, 0) is 32.3 Å². The Labute approximate surface area is 110 Å². The molecule has 1 heterocycles. The summed E-state index contributed by atoms with van der Waals surface area (Å²) in [6, 6.07) is 4.65. The van der Waals surface area contributed by atoms with Crippen molar-refractivity contribution in [2.45, 2.75) is 31.7 Å². The maximum Gasteiger partial charge on any atom is 0.270 e. The van der Waals surface area contributed by atoms with Crippen molar-refractivity contribution in [1.29, 1.82) is 0 Å². The van der Waals surface area contributed by atoms with Crippen molar-refractivity contribution in [2.24, 2.45) is 0 Å². The molecule has 0 amide bonds. The average molecular weight is 258 g/mol. The molecule has 98 valence electrons. The van der Waals surface area contributed by atoms with E-state index in [4.69, 9.17) is 0 Å². The zero-order valence-corrected chi connectivity index (χ0v) is 10.6. The van der Waals surface area contributed by atoms with Crippen LogP contribution in [0.5, 0.6) is 0 Å². The van der Waals surface area contributed by atoms with Gasteiger partial charge in [-0.25, -0.2) is 9.97 Å². The molecule has 3 rings (SSSR count). The van der Waals surface area contributed by atoms with Crippen LogP contribution in [0.1, 0.15) is 26.2 Å². The summed E-state index contributed by atoms with van der Waals surface area (Å²) in [5, 5.41) is 14.9. The van der Waals surface area contributed by atoms with Gasteiger partial charge in [-0.2, -0.15) is 0 Å². The van der Waals surface area contributed by atoms with Crippen LogP contribution in [-0.4, -0.2) is 20.4 Å². The van der Waals surface area contributed by atoms with Crippen molar-refractivity contribution in [3.05, 3.63) is 34.6 Å². The first-order valence-electron chi connectivity index (χ1n) is 6.25. The summed E-state index contributed by atoms with van der Waals surface area (Å²) >= 11 is 0. The molecule has 0 atom stereocenters. The number of benzene rings is 1. The molecule has 0 unspecified atom stereocenters. The molecule has 1 aromatic carbocycles. The van der Waals surface area contributed by atoms with E-state index < -0.39 is 4.92 Å².